The fourth-order valence-electron chi connectivity index (χ4n) is 3.57. The van der Waals surface area contributed by atoms with E-state index in [1.54, 1.807) is 12.1 Å². The van der Waals surface area contributed by atoms with Gasteiger partial charge in [-0.1, -0.05) is 43.5 Å². The van der Waals surface area contributed by atoms with Crippen LogP contribution in [0.1, 0.15) is 48.0 Å². The molecule has 1 aliphatic carbocycles. The van der Waals surface area contributed by atoms with Crippen molar-refractivity contribution in [1.82, 2.24) is 5.32 Å². The van der Waals surface area contributed by atoms with Crippen LogP contribution in [0.4, 0.5) is 11.4 Å². The predicted molar refractivity (Wildman–Crippen MR) is 114 cm³/mol. The smallest absolute Gasteiger partial charge is 0.255 e. The highest BCUT2D eigenvalue weighted by Gasteiger charge is 2.14. The molecule has 5 nitrogen and oxygen atoms in total. The van der Waals surface area contributed by atoms with Crippen molar-refractivity contribution < 1.29 is 9.59 Å². The molecule has 0 atom stereocenters. The number of benzene rings is 2. The summed E-state index contributed by atoms with van der Waals surface area (Å²) in [6, 6.07) is 14.8. The Morgan fingerprint density at radius 2 is 1.75 bits per heavy atom. The van der Waals surface area contributed by atoms with Crippen LogP contribution < -0.4 is 16.0 Å². The summed E-state index contributed by atoms with van der Waals surface area (Å²) in [6.07, 6.45) is 6.29. The first-order valence-corrected chi connectivity index (χ1v) is 10.1. The number of hydrogen-bond acceptors (Lipinski definition) is 3. The van der Waals surface area contributed by atoms with Crippen LogP contribution in [0.2, 0.25) is 0 Å². The first-order chi connectivity index (χ1) is 13.6. The summed E-state index contributed by atoms with van der Waals surface area (Å²) in [5.74, 6) is 0.435. The molecule has 0 heterocycles. The van der Waals surface area contributed by atoms with E-state index >= 15 is 0 Å². The van der Waals surface area contributed by atoms with Crippen LogP contribution >= 0.6 is 0 Å². The minimum absolute atomic E-state index is 0.0101. The monoisotopic (exact) mass is 379 g/mol. The predicted octanol–water partition coefficient (Wildman–Crippen LogP) is 4.36. The third-order valence-electron chi connectivity index (χ3n) is 5.28. The molecule has 2 amide bonds. The lowest BCUT2D eigenvalue weighted by Crippen LogP contribution is -2.34. The summed E-state index contributed by atoms with van der Waals surface area (Å²) in [7, 11) is 0. The van der Waals surface area contributed by atoms with Crippen LogP contribution in [0.5, 0.6) is 0 Å². The molecular weight excluding hydrogens is 350 g/mol. The molecule has 3 rings (SSSR count). The molecule has 1 fully saturated rings. The van der Waals surface area contributed by atoms with E-state index in [1.807, 2.05) is 43.3 Å². The Hall–Kier alpha value is -2.82. The number of para-hydroxylation sites is 1. The number of carbonyl (C=O) groups excluding carboxylic acids is 2. The van der Waals surface area contributed by atoms with Crippen LogP contribution in [0.15, 0.2) is 48.5 Å². The van der Waals surface area contributed by atoms with Crippen LogP contribution in [-0.4, -0.2) is 24.9 Å². The normalized spacial score (nSPS) is 14.3. The van der Waals surface area contributed by atoms with Gasteiger partial charge in [-0.05, 0) is 55.5 Å². The van der Waals surface area contributed by atoms with Crippen molar-refractivity contribution in [2.75, 3.05) is 23.7 Å². The van der Waals surface area contributed by atoms with E-state index in [4.69, 9.17) is 0 Å². The van der Waals surface area contributed by atoms with Gasteiger partial charge in [0.05, 0.1) is 6.54 Å². The second kappa shape index (κ2) is 9.93. The molecule has 0 spiro atoms. The van der Waals surface area contributed by atoms with Crippen LogP contribution in [0, 0.1) is 12.8 Å². The Morgan fingerprint density at radius 3 is 2.50 bits per heavy atom. The third kappa shape index (κ3) is 5.84. The number of aryl methyl sites for hydroxylation is 1. The van der Waals surface area contributed by atoms with Gasteiger partial charge in [-0.2, -0.15) is 0 Å². The molecule has 148 valence electrons. The van der Waals surface area contributed by atoms with Gasteiger partial charge in [-0.25, -0.2) is 0 Å². The number of nitrogens with one attached hydrogen (secondary N) is 3. The number of hydrogen-bond donors (Lipinski definition) is 3. The average Bonchev–Trinajstić information content (AvgIpc) is 2.73. The van der Waals surface area contributed by atoms with Crippen molar-refractivity contribution in [1.29, 1.82) is 0 Å². The van der Waals surface area contributed by atoms with Gasteiger partial charge in [0.2, 0.25) is 5.91 Å². The maximum Gasteiger partial charge on any atom is 0.255 e. The minimum atomic E-state index is -0.170. The Kier molecular flexibility index (Phi) is 7.06. The third-order valence-corrected chi connectivity index (χ3v) is 5.28. The molecule has 0 unspecified atom stereocenters. The summed E-state index contributed by atoms with van der Waals surface area (Å²) < 4.78 is 0. The number of amides is 2. The first kappa shape index (κ1) is 19.9. The molecule has 0 saturated heterocycles. The van der Waals surface area contributed by atoms with E-state index < -0.39 is 0 Å². The highest BCUT2D eigenvalue weighted by Crippen LogP contribution is 2.22. The summed E-state index contributed by atoms with van der Waals surface area (Å²) >= 11 is 0. The lowest BCUT2D eigenvalue weighted by Gasteiger charge is -2.21. The largest absolute Gasteiger partial charge is 0.376 e. The second-order valence-corrected chi connectivity index (χ2v) is 7.51. The molecule has 0 radical (unpaired) electrons. The van der Waals surface area contributed by atoms with Crippen molar-refractivity contribution in [2.45, 2.75) is 39.0 Å². The summed E-state index contributed by atoms with van der Waals surface area (Å²) in [4.78, 5) is 24.7. The molecule has 28 heavy (non-hydrogen) atoms. The van der Waals surface area contributed by atoms with Gasteiger partial charge in [0, 0.05) is 23.5 Å². The highest BCUT2D eigenvalue weighted by molar-refractivity contribution is 6.05. The van der Waals surface area contributed by atoms with Crippen molar-refractivity contribution in [2.24, 2.45) is 5.92 Å². The fraction of sp³-hybridized carbons (Fsp3) is 0.391. The zero-order valence-corrected chi connectivity index (χ0v) is 16.5. The van der Waals surface area contributed by atoms with E-state index in [-0.39, 0.29) is 18.4 Å². The van der Waals surface area contributed by atoms with Gasteiger partial charge in [-0.15, -0.1) is 0 Å². The van der Waals surface area contributed by atoms with Crippen LogP contribution in [-0.2, 0) is 4.79 Å². The number of carbonyl (C=O) groups is 2. The Morgan fingerprint density at radius 1 is 1.00 bits per heavy atom. The Labute approximate surface area is 166 Å². The summed E-state index contributed by atoms with van der Waals surface area (Å²) in [6.45, 7) is 2.93. The van der Waals surface area contributed by atoms with Crippen LogP contribution in [0.3, 0.4) is 0 Å². The van der Waals surface area contributed by atoms with Crippen LogP contribution in [0.25, 0.3) is 0 Å². The van der Waals surface area contributed by atoms with Crippen molar-refractivity contribution >= 4 is 23.2 Å². The topological polar surface area (TPSA) is 70.2 Å². The fourth-order valence-corrected chi connectivity index (χ4v) is 3.57. The lowest BCUT2D eigenvalue weighted by atomic mass is 9.89. The zero-order chi connectivity index (χ0) is 19.8. The molecule has 5 heteroatoms. The highest BCUT2D eigenvalue weighted by atomic mass is 16.2. The molecule has 0 aromatic heterocycles. The zero-order valence-electron chi connectivity index (χ0n) is 16.5. The molecule has 2 aromatic rings. The summed E-state index contributed by atoms with van der Waals surface area (Å²) in [5, 5.41) is 9.08. The molecule has 1 saturated carbocycles. The van der Waals surface area contributed by atoms with Crippen molar-refractivity contribution in [3.63, 3.8) is 0 Å². The Bertz CT molecular complexity index is 799. The van der Waals surface area contributed by atoms with Gasteiger partial charge < -0.3 is 16.0 Å². The molecular formula is C23H29N3O2. The number of anilines is 2. The van der Waals surface area contributed by atoms with E-state index in [2.05, 4.69) is 16.0 Å². The lowest BCUT2D eigenvalue weighted by molar-refractivity contribution is -0.119. The van der Waals surface area contributed by atoms with E-state index in [9.17, 15) is 9.59 Å². The quantitative estimate of drug-likeness (QED) is 0.670. The summed E-state index contributed by atoms with van der Waals surface area (Å²) in [5.41, 5.74) is 3.11. The molecule has 0 bridgehead atoms. The molecule has 2 aromatic carbocycles. The van der Waals surface area contributed by atoms with Crippen molar-refractivity contribution in [3.8, 4) is 0 Å². The van der Waals surface area contributed by atoms with Crippen molar-refractivity contribution in [3.05, 3.63) is 59.7 Å². The minimum Gasteiger partial charge on any atom is -0.376 e. The SMILES string of the molecule is Cc1ccc(C(=O)Nc2ccccc2)cc1NCC(=O)NCC1CCCCC1. The number of rotatable bonds is 7. The Balaban J connectivity index is 1.52. The van der Waals surface area contributed by atoms with Gasteiger partial charge in [0.25, 0.3) is 5.91 Å². The van der Waals surface area contributed by atoms with Gasteiger partial charge in [-0.3, -0.25) is 9.59 Å². The standard InChI is InChI=1S/C23H29N3O2/c1-17-12-13-19(23(28)26-20-10-6-3-7-11-20)14-21(17)24-16-22(27)25-15-18-8-4-2-5-9-18/h3,6-7,10-14,18,24H,2,4-5,8-9,15-16H2,1H3,(H,25,27)(H,26,28). The van der Waals surface area contributed by atoms with Gasteiger partial charge >= 0.3 is 0 Å². The van der Waals surface area contributed by atoms with E-state index in [1.165, 1.54) is 32.1 Å². The van der Waals surface area contributed by atoms with Gasteiger partial charge in [0.15, 0.2) is 0 Å². The maximum atomic E-state index is 12.5. The molecule has 0 aliphatic heterocycles. The molecule has 1 aliphatic rings. The van der Waals surface area contributed by atoms with Gasteiger partial charge in [0.1, 0.15) is 0 Å². The second-order valence-electron chi connectivity index (χ2n) is 7.51. The van der Waals surface area contributed by atoms with E-state index in [0.29, 0.717) is 11.5 Å². The maximum absolute atomic E-state index is 12.5. The molecule has 3 N–H and O–H groups in total. The van der Waals surface area contributed by atoms with E-state index in [0.717, 1.165) is 23.5 Å². The average molecular weight is 380 g/mol. The first-order valence-electron chi connectivity index (χ1n) is 10.1.